The minimum atomic E-state index is -4.21. The maximum Gasteiger partial charge on any atom is 0.270 e. The molecule has 34 heavy (non-hydrogen) atoms. The molecule has 12 heteroatoms. The lowest BCUT2D eigenvalue weighted by atomic mass is 10.2. The second-order valence-electron chi connectivity index (χ2n) is 6.79. The summed E-state index contributed by atoms with van der Waals surface area (Å²) in [5.41, 5.74) is 3.16. The van der Waals surface area contributed by atoms with Crippen LogP contribution in [0, 0.1) is 10.1 Å². The zero-order valence-electron chi connectivity index (χ0n) is 18.5. The van der Waals surface area contributed by atoms with Crippen LogP contribution in [-0.4, -0.2) is 40.9 Å². The molecule has 0 aromatic heterocycles. The van der Waals surface area contributed by atoms with Crippen LogP contribution in [0.1, 0.15) is 5.56 Å². The fourth-order valence-corrected chi connectivity index (χ4v) is 4.12. The Hall–Kier alpha value is -4.32. The average molecular weight is 487 g/mol. The van der Waals surface area contributed by atoms with Crippen molar-refractivity contribution in [3.8, 4) is 17.2 Å². The third-order valence-corrected chi connectivity index (χ3v) is 6.00. The van der Waals surface area contributed by atoms with Crippen molar-refractivity contribution >= 4 is 33.3 Å². The summed E-state index contributed by atoms with van der Waals surface area (Å²) in [6.07, 6.45) is 1.43. The molecule has 0 unspecified atom stereocenters. The highest BCUT2D eigenvalue weighted by Gasteiger charge is 2.22. The molecule has 0 spiro atoms. The number of hydrazone groups is 1. The molecule has 178 valence electrons. The minimum Gasteiger partial charge on any atom is -0.497 e. The Labute approximate surface area is 196 Å². The van der Waals surface area contributed by atoms with Gasteiger partial charge in [0.15, 0.2) is 0 Å². The SMILES string of the molecule is COc1ccc(NS(=O)(=O)c2cc([N+](=O)[O-])ccc2NN=Cc2cc(OC)cc(OC)c2)cc1. The number of nitrogens with zero attached hydrogens (tertiary/aromatic N) is 2. The number of hydrogen-bond donors (Lipinski definition) is 2. The van der Waals surface area contributed by atoms with Crippen LogP contribution in [-0.2, 0) is 10.0 Å². The van der Waals surface area contributed by atoms with Gasteiger partial charge < -0.3 is 14.2 Å². The van der Waals surface area contributed by atoms with Crippen LogP contribution in [0.4, 0.5) is 17.1 Å². The van der Waals surface area contributed by atoms with E-state index >= 15 is 0 Å². The Balaban J connectivity index is 1.92. The first-order chi connectivity index (χ1) is 16.2. The second kappa shape index (κ2) is 10.5. The maximum absolute atomic E-state index is 13.1. The van der Waals surface area contributed by atoms with Crippen molar-refractivity contribution in [2.75, 3.05) is 31.5 Å². The van der Waals surface area contributed by atoms with E-state index < -0.39 is 14.9 Å². The summed E-state index contributed by atoms with van der Waals surface area (Å²) in [7, 11) is 0.304. The summed E-state index contributed by atoms with van der Waals surface area (Å²) < 4.78 is 44.0. The lowest BCUT2D eigenvalue weighted by molar-refractivity contribution is -0.385. The van der Waals surface area contributed by atoms with E-state index in [9.17, 15) is 18.5 Å². The van der Waals surface area contributed by atoms with Crippen LogP contribution in [0.5, 0.6) is 17.2 Å². The van der Waals surface area contributed by atoms with Crippen molar-refractivity contribution in [1.82, 2.24) is 0 Å². The van der Waals surface area contributed by atoms with Gasteiger partial charge in [-0.25, -0.2) is 8.42 Å². The summed E-state index contributed by atoms with van der Waals surface area (Å²) >= 11 is 0. The molecule has 0 aliphatic carbocycles. The molecular weight excluding hydrogens is 464 g/mol. The standard InChI is InChI=1S/C22H22N4O7S/c1-31-18-7-4-16(5-8-18)25-34(29,30)22-12-17(26(27)28)6-9-21(22)24-23-14-15-10-19(32-2)13-20(11-15)33-3/h4-14,24-25H,1-3H3. The molecule has 0 radical (unpaired) electrons. The van der Waals surface area contributed by atoms with Crippen LogP contribution in [0.25, 0.3) is 0 Å². The van der Waals surface area contributed by atoms with Crippen LogP contribution in [0.2, 0.25) is 0 Å². The first-order valence-corrected chi connectivity index (χ1v) is 11.2. The molecule has 0 saturated carbocycles. The Morgan fingerprint density at radius 2 is 1.50 bits per heavy atom. The van der Waals surface area contributed by atoms with Gasteiger partial charge in [0.1, 0.15) is 22.1 Å². The van der Waals surface area contributed by atoms with Gasteiger partial charge >= 0.3 is 0 Å². The average Bonchev–Trinajstić information content (AvgIpc) is 2.84. The Bertz CT molecular complexity index is 1290. The normalized spacial score (nSPS) is 11.1. The van der Waals surface area contributed by atoms with Gasteiger partial charge in [-0.15, -0.1) is 0 Å². The molecule has 2 N–H and O–H groups in total. The summed E-state index contributed by atoms with van der Waals surface area (Å²) in [6.45, 7) is 0. The van der Waals surface area contributed by atoms with Crippen molar-refractivity contribution in [1.29, 1.82) is 0 Å². The number of benzene rings is 3. The third kappa shape index (κ3) is 5.92. The summed E-state index contributed by atoms with van der Waals surface area (Å²) in [4.78, 5) is 10.2. The van der Waals surface area contributed by atoms with Gasteiger partial charge in [0, 0.05) is 29.4 Å². The number of nitro groups is 1. The van der Waals surface area contributed by atoms with Gasteiger partial charge in [-0.3, -0.25) is 20.3 Å². The molecule has 0 bridgehead atoms. The zero-order valence-corrected chi connectivity index (χ0v) is 19.3. The first-order valence-electron chi connectivity index (χ1n) is 9.73. The molecule has 0 amide bonds. The molecule has 0 aliphatic rings. The number of nitrogens with one attached hydrogen (secondary N) is 2. The van der Waals surface area contributed by atoms with E-state index in [2.05, 4.69) is 15.2 Å². The zero-order chi connectivity index (χ0) is 24.7. The Morgan fingerprint density at radius 3 is 2.06 bits per heavy atom. The molecule has 0 aliphatic heterocycles. The third-order valence-electron chi connectivity index (χ3n) is 4.58. The van der Waals surface area contributed by atoms with E-state index in [-0.39, 0.29) is 22.0 Å². The van der Waals surface area contributed by atoms with Crippen LogP contribution in [0.3, 0.4) is 0 Å². The van der Waals surface area contributed by atoms with E-state index in [0.29, 0.717) is 22.8 Å². The lowest BCUT2D eigenvalue weighted by Crippen LogP contribution is -2.15. The van der Waals surface area contributed by atoms with Gasteiger partial charge in [-0.2, -0.15) is 5.10 Å². The van der Waals surface area contributed by atoms with Crippen molar-refractivity contribution in [2.45, 2.75) is 4.90 Å². The van der Waals surface area contributed by atoms with Gasteiger partial charge in [-0.1, -0.05) is 0 Å². The maximum atomic E-state index is 13.1. The summed E-state index contributed by atoms with van der Waals surface area (Å²) in [5, 5.41) is 15.3. The predicted molar refractivity (Wildman–Crippen MR) is 128 cm³/mol. The van der Waals surface area contributed by atoms with Crippen LogP contribution >= 0.6 is 0 Å². The van der Waals surface area contributed by atoms with Crippen molar-refractivity contribution in [3.05, 3.63) is 76.3 Å². The molecule has 3 aromatic rings. The number of nitro benzene ring substituents is 1. The predicted octanol–water partition coefficient (Wildman–Crippen LogP) is 3.87. The molecule has 0 heterocycles. The monoisotopic (exact) mass is 486 g/mol. The fraction of sp³-hybridized carbons (Fsp3) is 0.136. The lowest BCUT2D eigenvalue weighted by Gasteiger charge is -2.12. The minimum absolute atomic E-state index is 0.0396. The van der Waals surface area contributed by atoms with Crippen LogP contribution in [0.15, 0.2) is 70.7 Å². The highest BCUT2D eigenvalue weighted by Crippen LogP contribution is 2.29. The first kappa shape index (κ1) is 24.3. The topological polar surface area (TPSA) is 141 Å². The Morgan fingerprint density at radius 1 is 0.882 bits per heavy atom. The van der Waals surface area contributed by atoms with E-state index in [4.69, 9.17) is 14.2 Å². The number of ether oxygens (including phenoxy) is 3. The second-order valence-corrected chi connectivity index (χ2v) is 8.44. The van der Waals surface area contributed by atoms with E-state index in [0.717, 1.165) is 6.07 Å². The molecule has 0 atom stereocenters. The van der Waals surface area contributed by atoms with Gasteiger partial charge in [0.2, 0.25) is 0 Å². The highest BCUT2D eigenvalue weighted by molar-refractivity contribution is 7.92. The summed E-state index contributed by atoms with van der Waals surface area (Å²) in [5.74, 6) is 1.63. The van der Waals surface area contributed by atoms with E-state index in [1.54, 1.807) is 30.3 Å². The smallest absolute Gasteiger partial charge is 0.270 e. The molecule has 0 fully saturated rings. The highest BCUT2D eigenvalue weighted by atomic mass is 32.2. The molecule has 3 rings (SSSR count). The summed E-state index contributed by atoms with van der Waals surface area (Å²) in [6, 6.07) is 14.7. The number of sulfonamides is 1. The quantitative estimate of drug-likeness (QED) is 0.250. The number of non-ortho nitro benzene ring substituents is 1. The number of methoxy groups -OCH3 is 3. The van der Waals surface area contributed by atoms with Crippen molar-refractivity contribution < 1.29 is 27.6 Å². The van der Waals surface area contributed by atoms with Gasteiger partial charge in [0.05, 0.1) is 38.2 Å². The number of hydrogen-bond acceptors (Lipinski definition) is 9. The molecular formula is C22H22N4O7S. The Kier molecular flexibility index (Phi) is 7.53. The fourth-order valence-electron chi connectivity index (χ4n) is 2.89. The largest absolute Gasteiger partial charge is 0.497 e. The van der Waals surface area contributed by atoms with Crippen LogP contribution < -0.4 is 24.4 Å². The number of rotatable bonds is 10. The van der Waals surface area contributed by atoms with Crippen molar-refractivity contribution in [3.63, 3.8) is 0 Å². The van der Waals surface area contributed by atoms with E-state index in [1.807, 2.05) is 0 Å². The molecule has 3 aromatic carbocycles. The van der Waals surface area contributed by atoms with Gasteiger partial charge in [0.25, 0.3) is 15.7 Å². The number of anilines is 2. The van der Waals surface area contributed by atoms with E-state index in [1.165, 1.54) is 51.8 Å². The van der Waals surface area contributed by atoms with Crippen molar-refractivity contribution in [2.24, 2.45) is 5.10 Å². The molecule has 11 nitrogen and oxygen atoms in total. The molecule has 0 saturated heterocycles. The van der Waals surface area contributed by atoms with Gasteiger partial charge in [-0.05, 0) is 42.5 Å².